The second kappa shape index (κ2) is 15.4. The first kappa shape index (κ1) is 23.3. The van der Waals surface area contributed by atoms with Crippen LogP contribution in [0, 0.1) is 0 Å². The van der Waals surface area contributed by atoms with E-state index in [1.165, 1.54) is 83.8 Å². The number of benzene rings is 1. The van der Waals surface area contributed by atoms with E-state index in [0.29, 0.717) is 12.4 Å². The van der Waals surface area contributed by atoms with Crippen molar-refractivity contribution in [2.24, 2.45) is 0 Å². The van der Waals surface area contributed by atoms with Crippen LogP contribution in [0.4, 0.5) is 0 Å². The topological polar surface area (TPSA) is 55.8 Å². The zero-order chi connectivity index (χ0) is 19.7. The molecule has 0 aliphatic carbocycles. The van der Waals surface area contributed by atoms with E-state index in [1.54, 1.807) is 12.1 Å². The zero-order valence-electron chi connectivity index (χ0n) is 17.3. The summed E-state index contributed by atoms with van der Waals surface area (Å²) in [7, 11) is 1.30. The summed E-state index contributed by atoms with van der Waals surface area (Å²) in [6.07, 6.45) is 17.0. The number of hydrogen-bond acceptors (Lipinski definition) is 4. The molecule has 0 aromatic heterocycles. The summed E-state index contributed by atoms with van der Waals surface area (Å²) in [6, 6.07) is 4.82. The average molecular weight is 379 g/mol. The van der Waals surface area contributed by atoms with Crippen LogP contribution in [0.1, 0.15) is 101 Å². The van der Waals surface area contributed by atoms with Crippen LogP contribution >= 0.6 is 0 Å². The highest BCUT2D eigenvalue weighted by atomic mass is 16.5. The molecule has 0 atom stereocenters. The molecule has 1 rings (SSSR count). The summed E-state index contributed by atoms with van der Waals surface area (Å²) in [5, 5.41) is 9.83. The van der Waals surface area contributed by atoms with Gasteiger partial charge in [-0.05, 0) is 18.6 Å². The fourth-order valence-corrected chi connectivity index (χ4v) is 3.25. The Kier molecular flexibility index (Phi) is 13.3. The van der Waals surface area contributed by atoms with Crippen LogP contribution in [-0.4, -0.2) is 24.8 Å². The summed E-state index contributed by atoms with van der Waals surface area (Å²) in [4.78, 5) is 11.7. The van der Waals surface area contributed by atoms with Crippen molar-refractivity contribution in [2.45, 2.75) is 90.4 Å². The number of esters is 1. The number of carbonyl (C=O) groups is 1. The number of carbonyl (C=O) groups excluding carboxylic acids is 1. The van der Waals surface area contributed by atoms with E-state index < -0.39 is 5.97 Å². The van der Waals surface area contributed by atoms with Gasteiger partial charge in [-0.1, -0.05) is 90.0 Å². The lowest BCUT2D eigenvalue weighted by Crippen LogP contribution is -2.07. The largest absolute Gasteiger partial charge is 0.507 e. The third kappa shape index (κ3) is 10.3. The molecule has 0 amide bonds. The molecular formula is C23H38O4. The number of aromatic hydroxyl groups is 1. The minimum atomic E-state index is -0.575. The highest BCUT2D eigenvalue weighted by Crippen LogP contribution is 2.28. The van der Waals surface area contributed by atoms with Gasteiger partial charge in [-0.15, -0.1) is 0 Å². The summed E-state index contributed by atoms with van der Waals surface area (Å²) in [5.41, 5.74) is 0.106. The number of unbranched alkanes of at least 4 members (excludes halogenated alkanes) is 12. The van der Waals surface area contributed by atoms with Crippen LogP contribution in [-0.2, 0) is 4.74 Å². The standard InChI is InChI=1S/C23H38O4/c1-3-4-5-6-7-8-9-10-11-12-13-14-15-19-27-21-18-16-17-20(24)22(21)23(25)26-2/h16-18,24H,3-15,19H2,1-2H3. The first-order valence-corrected chi connectivity index (χ1v) is 10.7. The molecular weight excluding hydrogens is 340 g/mol. The van der Waals surface area contributed by atoms with Gasteiger partial charge in [-0.25, -0.2) is 4.79 Å². The summed E-state index contributed by atoms with van der Waals surface area (Å²) < 4.78 is 10.4. The average Bonchev–Trinajstić information content (AvgIpc) is 2.67. The highest BCUT2D eigenvalue weighted by Gasteiger charge is 2.17. The number of phenols is 1. The molecule has 1 N–H and O–H groups in total. The number of hydrogen-bond donors (Lipinski definition) is 1. The first-order chi connectivity index (χ1) is 13.2. The van der Waals surface area contributed by atoms with E-state index in [1.807, 2.05) is 0 Å². The Bertz CT molecular complexity index is 513. The van der Waals surface area contributed by atoms with Crippen molar-refractivity contribution in [1.82, 2.24) is 0 Å². The molecule has 1 aromatic carbocycles. The second-order valence-electron chi connectivity index (χ2n) is 7.23. The van der Waals surface area contributed by atoms with Crippen molar-refractivity contribution in [3.63, 3.8) is 0 Å². The van der Waals surface area contributed by atoms with Gasteiger partial charge in [0.15, 0.2) is 0 Å². The predicted molar refractivity (Wildman–Crippen MR) is 111 cm³/mol. The van der Waals surface area contributed by atoms with Gasteiger partial charge in [0.05, 0.1) is 13.7 Å². The van der Waals surface area contributed by atoms with Crippen molar-refractivity contribution in [1.29, 1.82) is 0 Å². The van der Waals surface area contributed by atoms with Gasteiger partial charge in [-0.3, -0.25) is 0 Å². The Balaban J connectivity index is 2.02. The predicted octanol–water partition coefficient (Wildman–Crippen LogP) is 6.65. The molecule has 0 spiro atoms. The lowest BCUT2D eigenvalue weighted by molar-refractivity contribution is 0.0592. The van der Waals surface area contributed by atoms with Crippen molar-refractivity contribution in [2.75, 3.05) is 13.7 Å². The molecule has 0 aliphatic rings. The Morgan fingerprint density at radius 2 is 1.37 bits per heavy atom. The van der Waals surface area contributed by atoms with Gasteiger partial charge in [0, 0.05) is 0 Å². The third-order valence-electron chi connectivity index (χ3n) is 4.90. The highest BCUT2D eigenvalue weighted by molar-refractivity contribution is 5.95. The van der Waals surface area contributed by atoms with E-state index >= 15 is 0 Å². The van der Waals surface area contributed by atoms with Crippen molar-refractivity contribution >= 4 is 5.97 Å². The normalized spacial score (nSPS) is 10.7. The molecule has 0 fully saturated rings. The second-order valence-corrected chi connectivity index (χ2v) is 7.23. The van der Waals surface area contributed by atoms with Crippen LogP contribution in [0.2, 0.25) is 0 Å². The maximum atomic E-state index is 11.7. The summed E-state index contributed by atoms with van der Waals surface area (Å²) in [5.74, 6) is -0.293. The Hall–Kier alpha value is -1.71. The molecule has 0 saturated carbocycles. The number of rotatable bonds is 16. The molecule has 154 valence electrons. The first-order valence-electron chi connectivity index (χ1n) is 10.7. The molecule has 0 bridgehead atoms. The maximum absolute atomic E-state index is 11.7. The monoisotopic (exact) mass is 378 g/mol. The lowest BCUT2D eigenvalue weighted by Gasteiger charge is -2.11. The number of ether oxygens (including phenoxy) is 2. The Labute approximate surface area is 165 Å². The van der Waals surface area contributed by atoms with E-state index in [-0.39, 0.29) is 11.3 Å². The van der Waals surface area contributed by atoms with Crippen LogP contribution < -0.4 is 4.74 Å². The number of methoxy groups -OCH3 is 1. The van der Waals surface area contributed by atoms with Gasteiger partial charge in [0.2, 0.25) is 0 Å². The molecule has 0 heterocycles. The molecule has 0 saturated heterocycles. The van der Waals surface area contributed by atoms with Crippen molar-refractivity contribution in [3.05, 3.63) is 23.8 Å². The summed E-state index contributed by atoms with van der Waals surface area (Å²) >= 11 is 0. The van der Waals surface area contributed by atoms with E-state index in [9.17, 15) is 9.90 Å². The van der Waals surface area contributed by atoms with Crippen LogP contribution in [0.25, 0.3) is 0 Å². The minimum Gasteiger partial charge on any atom is -0.507 e. The maximum Gasteiger partial charge on any atom is 0.345 e. The smallest absolute Gasteiger partial charge is 0.345 e. The van der Waals surface area contributed by atoms with Crippen molar-refractivity contribution in [3.8, 4) is 11.5 Å². The lowest BCUT2D eigenvalue weighted by atomic mass is 10.0. The molecule has 27 heavy (non-hydrogen) atoms. The molecule has 1 aromatic rings. The third-order valence-corrected chi connectivity index (χ3v) is 4.90. The van der Waals surface area contributed by atoms with Gasteiger partial charge in [0.1, 0.15) is 17.1 Å². The molecule has 4 heteroatoms. The summed E-state index contributed by atoms with van der Waals surface area (Å²) in [6.45, 7) is 2.81. The van der Waals surface area contributed by atoms with Crippen molar-refractivity contribution < 1.29 is 19.4 Å². The minimum absolute atomic E-state index is 0.106. The van der Waals surface area contributed by atoms with Gasteiger partial charge in [-0.2, -0.15) is 0 Å². The zero-order valence-corrected chi connectivity index (χ0v) is 17.3. The van der Waals surface area contributed by atoms with Gasteiger partial charge >= 0.3 is 5.97 Å². The fourth-order valence-electron chi connectivity index (χ4n) is 3.25. The van der Waals surface area contributed by atoms with Gasteiger partial charge in [0.25, 0.3) is 0 Å². The molecule has 4 nitrogen and oxygen atoms in total. The van der Waals surface area contributed by atoms with E-state index in [4.69, 9.17) is 9.47 Å². The van der Waals surface area contributed by atoms with Crippen LogP contribution in [0.5, 0.6) is 11.5 Å². The Morgan fingerprint density at radius 3 is 1.89 bits per heavy atom. The van der Waals surface area contributed by atoms with Crippen LogP contribution in [0.15, 0.2) is 18.2 Å². The quantitative estimate of drug-likeness (QED) is 0.258. The van der Waals surface area contributed by atoms with Gasteiger partial charge < -0.3 is 14.6 Å². The Morgan fingerprint density at radius 1 is 0.852 bits per heavy atom. The number of phenolic OH excluding ortho intramolecular Hbond substituents is 1. The van der Waals surface area contributed by atoms with E-state index in [0.717, 1.165) is 12.8 Å². The molecule has 0 aliphatic heterocycles. The molecule has 0 unspecified atom stereocenters. The fraction of sp³-hybridized carbons (Fsp3) is 0.696. The van der Waals surface area contributed by atoms with Crippen LogP contribution in [0.3, 0.4) is 0 Å². The van der Waals surface area contributed by atoms with E-state index in [2.05, 4.69) is 6.92 Å². The molecule has 0 radical (unpaired) electrons. The SMILES string of the molecule is CCCCCCCCCCCCCCCOc1cccc(O)c1C(=O)OC.